The maximum atomic E-state index is 12.8. The highest BCUT2D eigenvalue weighted by atomic mass is 79.9. The highest BCUT2D eigenvalue weighted by Gasteiger charge is 2.34. The Morgan fingerprint density at radius 2 is 2.05 bits per heavy atom. The van der Waals surface area contributed by atoms with Crippen LogP contribution in [0.15, 0.2) is 27.6 Å². The van der Waals surface area contributed by atoms with Gasteiger partial charge in [0.05, 0.1) is 16.5 Å². The van der Waals surface area contributed by atoms with Crippen LogP contribution in [0.4, 0.5) is 0 Å². The summed E-state index contributed by atoms with van der Waals surface area (Å²) in [6.07, 6.45) is 2.00. The number of halogens is 1. The van der Waals surface area contributed by atoms with Crippen LogP contribution in [0.3, 0.4) is 0 Å². The first-order valence-corrected chi connectivity index (χ1v) is 8.96. The van der Waals surface area contributed by atoms with E-state index in [0.29, 0.717) is 27.6 Å². The second kappa shape index (κ2) is 6.03. The van der Waals surface area contributed by atoms with E-state index in [2.05, 4.69) is 22.9 Å². The lowest BCUT2D eigenvalue weighted by atomic mass is 9.94. The molecule has 0 radical (unpaired) electrons. The van der Waals surface area contributed by atoms with E-state index >= 15 is 0 Å². The monoisotopic (exact) mass is 361 g/mol. The minimum absolute atomic E-state index is 0.0367. The first-order valence-electron chi connectivity index (χ1n) is 6.73. The van der Waals surface area contributed by atoms with Crippen LogP contribution in [0.1, 0.15) is 26.7 Å². The SMILES string of the molecule is COc1ccc(S(=O)(=O)N2CCCC(C)C2C)cc1Br. The van der Waals surface area contributed by atoms with Crippen LogP contribution >= 0.6 is 15.9 Å². The Hall–Kier alpha value is -0.590. The standard InChI is InChI=1S/C14H20BrNO3S/c1-10-5-4-8-16(11(10)2)20(17,18)12-6-7-14(19-3)13(15)9-12/h6-7,9-11H,4-5,8H2,1-3H3. The van der Waals surface area contributed by atoms with Crippen molar-refractivity contribution < 1.29 is 13.2 Å². The van der Waals surface area contributed by atoms with Gasteiger partial charge in [0.2, 0.25) is 10.0 Å². The summed E-state index contributed by atoms with van der Waals surface area (Å²) in [6.45, 7) is 4.69. The van der Waals surface area contributed by atoms with E-state index in [1.54, 1.807) is 29.6 Å². The summed E-state index contributed by atoms with van der Waals surface area (Å²) in [6, 6.07) is 4.93. The number of piperidine rings is 1. The van der Waals surface area contributed by atoms with Gasteiger partial charge in [-0.1, -0.05) is 6.92 Å². The number of nitrogens with zero attached hydrogens (tertiary/aromatic N) is 1. The molecule has 4 nitrogen and oxygen atoms in total. The normalized spacial score (nSPS) is 24.6. The molecule has 1 saturated heterocycles. The van der Waals surface area contributed by atoms with Crippen molar-refractivity contribution in [1.82, 2.24) is 4.31 Å². The van der Waals surface area contributed by atoms with Crippen molar-refractivity contribution in [3.05, 3.63) is 22.7 Å². The topological polar surface area (TPSA) is 46.6 Å². The molecule has 1 aromatic carbocycles. The van der Waals surface area contributed by atoms with Crippen LogP contribution in [0.5, 0.6) is 5.75 Å². The minimum atomic E-state index is -3.44. The van der Waals surface area contributed by atoms with E-state index in [1.807, 2.05) is 6.92 Å². The lowest BCUT2D eigenvalue weighted by Gasteiger charge is -2.36. The zero-order valence-electron chi connectivity index (χ0n) is 12.0. The van der Waals surface area contributed by atoms with Crippen molar-refractivity contribution in [2.75, 3.05) is 13.7 Å². The van der Waals surface area contributed by atoms with Crippen molar-refractivity contribution in [3.8, 4) is 5.75 Å². The van der Waals surface area contributed by atoms with Crippen LogP contribution in [-0.4, -0.2) is 32.4 Å². The maximum Gasteiger partial charge on any atom is 0.243 e. The number of benzene rings is 1. The molecule has 2 atom stereocenters. The van der Waals surface area contributed by atoms with Crippen LogP contribution in [0.25, 0.3) is 0 Å². The number of methoxy groups -OCH3 is 1. The number of hydrogen-bond donors (Lipinski definition) is 0. The molecule has 0 aliphatic carbocycles. The molecule has 2 unspecified atom stereocenters. The molecule has 0 bridgehead atoms. The Morgan fingerprint density at radius 3 is 2.65 bits per heavy atom. The average molecular weight is 362 g/mol. The summed E-state index contributed by atoms with van der Waals surface area (Å²) in [5.74, 6) is 1.02. The van der Waals surface area contributed by atoms with Gasteiger partial charge in [0.25, 0.3) is 0 Å². The van der Waals surface area contributed by atoms with Crippen LogP contribution in [0.2, 0.25) is 0 Å². The van der Waals surface area contributed by atoms with Crippen LogP contribution < -0.4 is 4.74 Å². The predicted molar refractivity (Wildman–Crippen MR) is 82.4 cm³/mol. The lowest BCUT2D eigenvalue weighted by Crippen LogP contribution is -2.45. The summed E-state index contributed by atoms with van der Waals surface area (Å²) in [5.41, 5.74) is 0. The molecule has 0 spiro atoms. The third-order valence-electron chi connectivity index (χ3n) is 4.05. The molecule has 2 rings (SSSR count). The van der Waals surface area contributed by atoms with E-state index in [0.717, 1.165) is 12.8 Å². The van der Waals surface area contributed by atoms with Crippen molar-refractivity contribution in [1.29, 1.82) is 0 Å². The molecular formula is C14H20BrNO3S. The quantitative estimate of drug-likeness (QED) is 0.829. The first kappa shape index (κ1) is 15.8. The molecule has 0 N–H and O–H groups in total. The molecule has 0 amide bonds. The average Bonchev–Trinajstić information content (AvgIpc) is 2.41. The minimum Gasteiger partial charge on any atom is -0.496 e. The van der Waals surface area contributed by atoms with E-state index < -0.39 is 10.0 Å². The van der Waals surface area contributed by atoms with Gasteiger partial charge in [-0.05, 0) is 59.8 Å². The smallest absolute Gasteiger partial charge is 0.243 e. The lowest BCUT2D eigenvalue weighted by molar-refractivity contribution is 0.202. The second-order valence-electron chi connectivity index (χ2n) is 5.27. The fraction of sp³-hybridized carbons (Fsp3) is 0.571. The Kier molecular flexibility index (Phi) is 4.76. The molecule has 1 aliphatic heterocycles. The number of ether oxygens (including phenoxy) is 1. The molecular weight excluding hydrogens is 342 g/mol. The van der Waals surface area contributed by atoms with Gasteiger partial charge in [0.1, 0.15) is 5.75 Å². The Bertz CT molecular complexity index is 588. The van der Waals surface area contributed by atoms with E-state index in [-0.39, 0.29) is 6.04 Å². The summed E-state index contributed by atoms with van der Waals surface area (Å²) in [7, 11) is -1.89. The fourth-order valence-corrected chi connectivity index (χ4v) is 5.06. The molecule has 1 aliphatic rings. The van der Waals surface area contributed by atoms with Gasteiger partial charge >= 0.3 is 0 Å². The zero-order chi connectivity index (χ0) is 14.9. The van der Waals surface area contributed by atoms with E-state index in [1.165, 1.54) is 0 Å². The Morgan fingerprint density at radius 1 is 1.35 bits per heavy atom. The predicted octanol–water partition coefficient (Wildman–Crippen LogP) is 3.27. The highest BCUT2D eigenvalue weighted by molar-refractivity contribution is 9.10. The van der Waals surface area contributed by atoms with Gasteiger partial charge in [0.15, 0.2) is 0 Å². The Labute approximate surface area is 129 Å². The molecule has 1 aromatic rings. The summed E-state index contributed by atoms with van der Waals surface area (Å²) >= 11 is 3.34. The van der Waals surface area contributed by atoms with E-state index in [9.17, 15) is 8.42 Å². The number of rotatable bonds is 3. The largest absolute Gasteiger partial charge is 0.496 e. The number of hydrogen-bond acceptors (Lipinski definition) is 3. The zero-order valence-corrected chi connectivity index (χ0v) is 14.4. The highest BCUT2D eigenvalue weighted by Crippen LogP contribution is 2.32. The van der Waals surface area contributed by atoms with Crippen molar-refractivity contribution >= 4 is 26.0 Å². The van der Waals surface area contributed by atoms with Gasteiger partial charge in [-0.2, -0.15) is 4.31 Å². The molecule has 1 heterocycles. The van der Waals surface area contributed by atoms with Crippen molar-refractivity contribution in [2.45, 2.75) is 37.6 Å². The van der Waals surface area contributed by atoms with E-state index in [4.69, 9.17) is 4.74 Å². The number of sulfonamides is 1. The van der Waals surface area contributed by atoms with Crippen molar-refractivity contribution in [3.63, 3.8) is 0 Å². The summed E-state index contributed by atoms with van der Waals surface area (Å²) in [5, 5.41) is 0. The molecule has 0 aromatic heterocycles. The maximum absolute atomic E-state index is 12.8. The molecule has 1 fully saturated rings. The van der Waals surface area contributed by atoms with Crippen molar-refractivity contribution in [2.24, 2.45) is 5.92 Å². The van der Waals surface area contributed by atoms with Gasteiger partial charge in [-0.25, -0.2) is 8.42 Å². The van der Waals surface area contributed by atoms with Gasteiger partial charge < -0.3 is 4.74 Å². The third kappa shape index (κ3) is 2.87. The summed E-state index contributed by atoms with van der Waals surface area (Å²) in [4.78, 5) is 0.311. The van der Waals surface area contributed by atoms with Gasteiger partial charge in [0, 0.05) is 12.6 Å². The Balaban J connectivity index is 2.37. The molecule has 0 saturated carbocycles. The van der Waals surface area contributed by atoms with Gasteiger partial charge in [-0.15, -0.1) is 0 Å². The first-order chi connectivity index (χ1) is 9.37. The molecule has 20 heavy (non-hydrogen) atoms. The third-order valence-corrected chi connectivity index (χ3v) is 6.65. The molecule has 112 valence electrons. The van der Waals surface area contributed by atoms with Crippen LogP contribution in [-0.2, 0) is 10.0 Å². The summed E-state index contributed by atoms with van der Waals surface area (Å²) < 4.78 is 32.9. The fourth-order valence-electron chi connectivity index (χ4n) is 2.58. The second-order valence-corrected chi connectivity index (χ2v) is 8.02. The van der Waals surface area contributed by atoms with Gasteiger partial charge in [-0.3, -0.25) is 0 Å². The molecule has 6 heteroatoms. The van der Waals surface area contributed by atoms with Crippen LogP contribution in [0, 0.1) is 5.92 Å².